The molecule has 5 nitrogen and oxygen atoms in total. The largest absolute Gasteiger partial charge is 0.451 e. The molecule has 0 aliphatic heterocycles. The van der Waals surface area contributed by atoms with Crippen LogP contribution in [0, 0.1) is 0 Å². The third-order valence-corrected chi connectivity index (χ3v) is 3.74. The fraction of sp³-hybridized carbons (Fsp3) is 0. The second-order valence-electron chi connectivity index (χ2n) is 5.07. The maximum Gasteiger partial charge on any atom is 0.305 e. The molecule has 0 saturated heterocycles. The maximum atomic E-state index is 12.1. The molecule has 126 valence electrons. The first-order chi connectivity index (χ1) is 12.1. The molecule has 3 rings (SSSR count). The number of carbonyl (C=O) groups is 1. The summed E-state index contributed by atoms with van der Waals surface area (Å²) in [6.07, 6.45) is 0. The predicted octanol–water partition coefficient (Wildman–Crippen LogP) is 4.23. The number of para-hydroxylation sites is 1. The first kappa shape index (κ1) is 17.0. The molecule has 7 heteroatoms. The quantitative estimate of drug-likeness (QED) is 0.475. The number of thiocarbonyl (C=S) groups is 1. The Labute approximate surface area is 155 Å². The van der Waals surface area contributed by atoms with E-state index in [2.05, 4.69) is 16.2 Å². The van der Waals surface area contributed by atoms with Crippen molar-refractivity contribution < 1.29 is 9.21 Å². The highest BCUT2D eigenvalue weighted by molar-refractivity contribution is 7.80. The highest BCUT2D eigenvalue weighted by atomic mass is 35.5. The van der Waals surface area contributed by atoms with Crippen molar-refractivity contribution >= 4 is 40.5 Å². The molecule has 0 aliphatic carbocycles. The van der Waals surface area contributed by atoms with Crippen LogP contribution >= 0.6 is 23.8 Å². The summed E-state index contributed by atoms with van der Waals surface area (Å²) in [5.41, 5.74) is 6.76. The van der Waals surface area contributed by atoms with Crippen molar-refractivity contribution in [1.29, 1.82) is 0 Å². The van der Waals surface area contributed by atoms with Gasteiger partial charge in [-0.3, -0.25) is 15.6 Å². The monoisotopic (exact) mass is 371 g/mol. The second kappa shape index (κ2) is 7.83. The molecular formula is C18H14ClN3O2S. The van der Waals surface area contributed by atoms with Crippen LogP contribution in [0.1, 0.15) is 10.6 Å². The van der Waals surface area contributed by atoms with E-state index in [4.69, 9.17) is 28.2 Å². The van der Waals surface area contributed by atoms with E-state index in [1.807, 2.05) is 42.5 Å². The summed E-state index contributed by atoms with van der Waals surface area (Å²) < 4.78 is 5.56. The van der Waals surface area contributed by atoms with Gasteiger partial charge in [0.15, 0.2) is 10.9 Å². The Balaban J connectivity index is 1.57. The van der Waals surface area contributed by atoms with E-state index >= 15 is 0 Å². The summed E-state index contributed by atoms with van der Waals surface area (Å²) in [6, 6.07) is 19.9. The lowest BCUT2D eigenvalue weighted by molar-refractivity contribution is 0.0917. The molecule has 1 amide bonds. The molecule has 1 heterocycles. The average Bonchev–Trinajstić information content (AvgIpc) is 3.11. The van der Waals surface area contributed by atoms with Gasteiger partial charge in [0, 0.05) is 16.3 Å². The Morgan fingerprint density at radius 2 is 1.64 bits per heavy atom. The van der Waals surface area contributed by atoms with Crippen LogP contribution in [0.5, 0.6) is 0 Å². The minimum atomic E-state index is -0.433. The zero-order chi connectivity index (χ0) is 17.6. The smallest absolute Gasteiger partial charge is 0.305 e. The van der Waals surface area contributed by atoms with Crippen molar-refractivity contribution in [1.82, 2.24) is 10.9 Å². The van der Waals surface area contributed by atoms with Gasteiger partial charge in [0.2, 0.25) is 0 Å². The Hall–Kier alpha value is -2.83. The van der Waals surface area contributed by atoms with Crippen LogP contribution in [0.25, 0.3) is 11.3 Å². The number of amides is 1. The number of furan rings is 1. The number of nitrogens with one attached hydrogen (secondary N) is 3. The number of hydrogen-bond donors (Lipinski definition) is 3. The van der Waals surface area contributed by atoms with Gasteiger partial charge in [-0.2, -0.15) is 0 Å². The van der Waals surface area contributed by atoms with Crippen molar-refractivity contribution in [3.05, 3.63) is 77.5 Å². The van der Waals surface area contributed by atoms with Crippen LogP contribution in [-0.4, -0.2) is 11.0 Å². The lowest BCUT2D eigenvalue weighted by Gasteiger charge is -2.10. The second-order valence-corrected chi connectivity index (χ2v) is 5.91. The van der Waals surface area contributed by atoms with Crippen molar-refractivity contribution in [2.24, 2.45) is 0 Å². The summed E-state index contributed by atoms with van der Waals surface area (Å²) in [4.78, 5) is 12.1. The number of benzene rings is 2. The van der Waals surface area contributed by atoms with E-state index in [1.165, 1.54) is 0 Å². The van der Waals surface area contributed by atoms with E-state index in [0.29, 0.717) is 10.8 Å². The molecule has 0 bridgehead atoms. The van der Waals surface area contributed by atoms with Gasteiger partial charge in [0.1, 0.15) is 5.76 Å². The van der Waals surface area contributed by atoms with E-state index < -0.39 is 5.91 Å². The van der Waals surface area contributed by atoms with E-state index in [9.17, 15) is 4.79 Å². The molecule has 0 spiro atoms. The molecule has 3 N–H and O–H groups in total. The molecule has 0 radical (unpaired) electrons. The number of anilines is 1. The fourth-order valence-corrected chi connectivity index (χ4v) is 2.38. The number of hydrogen-bond acceptors (Lipinski definition) is 3. The summed E-state index contributed by atoms with van der Waals surface area (Å²) in [5, 5.41) is 3.85. The standard InChI is InChI=1S/C18H14ClN3O2S/c19-13-8-6-12(7-9-13)15-10-11-16(24-15)17(23)21-22-18(25)20-14-4-2-1-3-5-14/h1-11H,(H,21,23)(H2,20,22,25). The van der Waals surface area contributed by atoms with Crippen LogP contribution in [0.2, 0.25) is 5.02 Å². The number of carbonyl (C=O) groups excluding carboxylic acids is 1. The minimum absolute atomic E-state index is 0.167. The topological polar surface area (TPSA) is 66.3 Å². The lowest BCUT2D eigenvalue weighted by atomic mass is 10.2. The van der Waals surface area contributed by atoms with Crippen molar-refractivity contribution in [2.45, 2.75) is 0 Å². The minimum Gasteiger partial charge on any atom is -0.451 e. The molecule has 0 aliphatic rings. The maximum absolute atomic E-state index is 12.1. The molecule has 0 saturated carbocycles. The van der Waals surface area contributed by atoms with E-state index in [0.717, 1.165) is 11.3 Å². The molecule has 25 heavy (non-hydrogen) atoms. The SMILES string of the molecule is O=C(NNC(=S)Nc1ccccc1)c1ccc(-c2ccc(Cl)cc2)o1. The summed E-state index contributed by atoms with van der Waals surface area (Å²) in [5.74, 6) is 0.309. The number of hydrazine groups is 1. The van der Waals surface area contributed by atoms with E-state index in [-0.39, 0.29) is 10.9 Å². The zero-order valence-electron chi connectivity index (χ0n) is 13.0. The molecule has 0 atom stereocenters. The first-order valence-electron chi connectivity index (χ1n) is 7.40. The van der Waals surface area contributed by atoms with Gasteiger partial charge in [-0.15, -0.1) is 0 Å². The Kier molecular flexibility index (Phi) is 5.33. The summed E-state index contributed by atoms with van der Waals surface area (Å²) >= 11 is 11.0. The van der Waals surface area contributed by atoms with Gasteiger partial charge in [-0.1, -0.05) is 29.8 Å². The third kappa shape index (κ3) is 4.59. The van der Waals surface area contributed by atoms with Gasteiger partial charge in [0.25, 0.3) is 0 Å². The molecular weight excluding hydrogens is 358 g/mol. The Morgan fingerprint density at radius 3 is 2.36 bits per heavy atom. The molecule has 0 unspecified atom stereocenters. The van der Waals surface area contributed by atoms with Crippen LogP contribution in [-0.2, 0) is 0 Å². The number of rotatable bonds is 3. The van der Waals surface area contributed by atoms with Crippen LogP contribution in [0.4, 0.5) is 5.69 Å². The van der Waals surface area contributed by atoms with Gasteiger partial charge < -0.3 is 9.73 Å². The number of halogens is 1. The van der Waals surface area contributed by atoms with Gasteiger partial charge in [0.05, 0.1) is 0 Å². The normalized spacial score (nSPS) is 10.1. The van der Waals surface area contributed by atoms with Gasteiger partial charge in [-0.25, -0.2) is 0 Å². The molecule has 0 fully saturated rings. The van der Waals surface area contributed by atoms with Gasteiger partial charge in [-0.05, 0) is 60.7 Å². The highest BCUT2D eigenvalue weighted by Gasteiger charge is 2.12. The van der Waals surface area contributed by atoms with Crippen molar-refractivity contribution in [2.75, 3.05) is 5.32 Å². The first-order valence-corrected chi connectivity index (χ1v) is 8.18. The predicted molar refractivity (Wildman–Crippen MR) is 102 cm³/mol. The fourth-order valence-electron chi connectivity index (χ4n) is 2.09. The Bertz CT molecular complexity index is 879. The van der Waals surface area contributed by atoms with E-state index in [1.54, 1.807) is 24.3 Å². The average molecular weight is 372 g/mol. The Morgan fingerprint density at radius 1 is 0.920 bits per heavy atom. The lowest BCUT2D eigenvalue weighted by Crippen LogP contribution is -2.43. The van der Waals surface area contributed by atoms with Crippen molar-refractivity contribution in [3.8, 4) is 11.3 Å². The molecule has 2 aromatic carbocycles. The van der Waals surface area contributed by atoms with Gasteiger partial charge >= 0.3 is 5.91 Å². The van der Waals surface area contributed by atoms with Crippen LogP contribution < -0.4 is 16.2 Å². The molecule has 3 aromatic rings. The van der Waals surface area contributed by atoms with Crippen molar-refractivity contribution in [3.63, 3.8) is 0 Å². The zero-order valence-corrected chi connectivity index (χ0v) is 14.5. The summed E-state index contributed by atoms with van der Waals surface area (Å²) in [6.45, 7) is 0. The molecule has 1 aromatic heterocycles. The van der Waals surface area contributed by atoms with Crippen LogP contribution in [0.3, 0.4) is 0 Å². The summed E-state index contributed by atoms with van der Waals surface area (Å²) in [7, 11) is 0. The third-order valence-electron chi connectivity index (χ3n) is 3.28. The van der Waals surface area contributed by atoms with Crippen LogP contribution in [0.15, 0.2) is 71.1 Å². The highest BCUT2D eigenvalue weighted by Crippen LogP contribution is 2.23.